The predicted molar refractivity (Wildman–Crippen MR) is 85.1 cm³/mol. The zero-order valence-corrected chi connectivity index (χ0v) is 13.0. The van der Waals surface area contributed by atoms with Gasteiger partial charge in [0.25, 0.3) is 0 Å². The number of rotatable bonds is 6. The molecule has 0 saturated carbocycles. The van der Waals surface area contributed by atoms with E-state index in [4.69, 9.17) is 15.3 Å². The molecule has 0 unspecified atom stereocenters. The van der Waals surface area contributed by atoms with Crippen molar-refractivity contribution in [2.75, 3.05) is 6.61 Å². The third-order valence-corrected chi connectivity index (χ3v) is 3.61. The summed E-state index contributed by atoms with van der Waals surface area (Å²) in [6, 6.07) is 10.3. The van der Waals surface area contributed by atoms with Crippen LogP contribution in [-0.2, 0) is 9.59 Å². The summed E-state index contributed by atoms with van der Waals surface area (Å²) in [4.78, 5) is 24.4. The number of para-hydroxylation sites is 1. The standard InChI is InChI=1S/C8H7N.C8H14O7/c1-2-4-8-7(3-1)5-6-9-8;1-4(11)8(15,6(13)3-10)7(14)5(12)2-9/h1-6,9H;3,5-7,9,12-15H,2H2,1H3/t;5-,6+,7-,8-/m.1/s1. The van der Waals surface area contributed by atoms with Crippen LogP contribution in [0.5, 0.6) is 0 Å². The molecule has 2 aromatic rings. The lowest BCUT2D eigenvalue weighted by atomic mass is 9.84. The van der Waals surface area contributed by atoms with Gasteiger partial charge in [-0.2, -0.15) is 0 Å². The number of hydrogen-bond donors (Lipinski definition) is 6. The number of aldehydes is 1. The maximum Gasteiger partial charge on any atom is 0.183 e. The SMILES string of the molecule is CC(=O)[C@](O)([C@H](O)[C@H](O)CO)[C@@H](O)C=O.c1ccc2[nH]ccc2c1. The molecule has 0 aliphatic heterocycles. The minimum atomic E-state index is -2.82. The van der Waals surface area contributed by atoms with E-state index in [0.717, 1.165) is 6.92 Å². The Labute approximate surface area is 138 Å². The fraction of sp³-hybridized carbons (Fsp3) is 0.375. The van der Waals surface area contributed by atoms with Crippen molar-refractivity contribution < 1.29 is 35.1 Å². The molecule has 0 radical (unpaired) electrons. The van der Waals surface area contributed by atoms with Crippen LogP contribution in [0.2, 0.25) is 0 Å². The van der Waals surface area contributed by atoms with Crippen molar-refractivity contribution in [1.82, 2.24) is 4.98 Å². The molecular formula is C16H21NO7. The van der Waals surface area contributed by atoms with Crippen LogP contribution in [0, 0.1) is 0 Å². The number of carbonyl (C=O) groups excluding carboxylic acids is 2. The molecule has 8 nitrogen and oxygen atoms in total. The van der Waals surface area contributed by atoms with Crippen LogP contribution in [-0.4, -0.2) is 73.1 Å². The highest BCUT2D eigenvalue weighted by molar-refractivity contribution is 5.89. The van der Waals surface area contributed by atoms with Crippen LogP contribution in [0.15, 0.2) is 36.5 Å². The summed E-state index contributed by atoms with van der Waals surface area (Å²) in [6.45, 7) is -0.0949. The molecule has 0 aliphatic carbocycles. The second-order valence-electron chi connectivity index (χ2n) is 5.22. The zero-order chi connectivity index (χ0) is 18.3. The number of aliphatic hydroxyl groups excluding tert-OH is 4. The number of Topliss-reactive ketones (excluding diaryl/α,β-unsaturated/α-hetero) is 1. The van der Waals surface area contributed by atoms with Gasteiger partial charge in [-0.25, -0.2) is 0 Å². The van der Waals surface area contributed by atoms with E-state index in [1.54, 1.807) is 0 Å². The smallest absolute Gasteiger partial charge is 0.183 e. The van der Waals surface area contributed by atoms with Crippen LogP contribution in [0.1, 0.15) is 6.92 Å². The maximum absolute atomic E-state index is 11.0. The number of fused-ring (bicyclic) bond motifs is 1. The van der Waals surface area contributed by atoms with Gasteiger partial charge >= 0.3 is 0 Å². The van der Waals surface area contributed by atoms with E-state index in [9.17, 15) is 19.8 Å². The predicted octanol–water partition coefficient (Wildman–Crippen LogP) is -1.25. The maximum atomic E-state index is 11.0. The second kappa shape index (κ2) is 8.67. The number of carbonyl (C=O) groups is 2. The molecule has 8 heteroatoms. The highest BCUT2D eigenvalue weighted by Crippen LogP contribution is 2.19. The molecule has 0 fully saturated rings. The van der Waals surface area contributed by atoms with Crippen molar-refractivity contribution in [3.63, 3.8) is 0 Å². The summed E-state index contributed by atoms with van der Waals surface area (Å²) < 4.78 is 0. The van der Waals surface area contributed by atoms with Crippen LogP contribution >= 0.6 is 0 Å². The third kappa shape index (κ3) is 4.25. The molecule has 132 valence electrons. The normalized spacial score (nSPS) is 17.1. The Balaban J connectivity index is 0.000000267. The van der Waals surface area contributed by atoms with E-state index in [1.807, 2.05) is 18.3 Å². The van der Waals surface area contributed by atoms with E-state index in [-0.39, 0.29) is 6.29 Å². The molecule has 6 N–H and O–H groups in total. The largest absolute Gasteiger partial charge is 0.394 e. The molecule has 24 heavy (non-hydrogen) atoms. The van der Waals surface area contributed by atoms with Gasteiger partial charge in [-0.05, 0) is 24.4 Å². The van der Waals surface area contributed by atoms with Crippen molar-refractivity contribution in [3.8, 4) is 0 Å². The molecule has 0 amide bonds. The molecule has 0 bridgehead atoms. The first-order chi connectivity index (χ1) is 11.3. The highest BCUT2D eigenvalue weighted by Gasteiger charge is 2.50. The lowest BCUT2D eigenvalue weighted by Gasteiger charge is -2.34. The van der Waals surface area contributed by atoms with Gasteiger partial charge in [0.2, 0.25) is 0 Å². The Morgan fingerprint density at radius 1 is 1.25 bits per heavy atom. The zero-order valence-electron chi connectivity index (χ0n) is 13.0. The van der Waals surface area contributed by atoms with E-state index in [2.05, 4.69) is 23.2 Å². The number of hydrogen-bond acceptors (Lipinski definition) is 7. The number of benzene rings is 1. The van der Waals surface area contributed by atoms with Crippen LogP contribution in [0.4, 0.5) is 0 Å². The third-order valence-electron chi connectivity index (χ3n) is 3.61. The van der Waals surface area contributed by atoms with Gasteiger partial charge in [0.05, 0.1) is 6.61 Å². The average molecular weight is 339 g/mol. The minimum absolute atomic E-state index is 0.144. The first kappa shape index (κ1) is 19.9. The number of ketones is 1. The molecule has 0 spiro atoms. The fourth-order valence-electron chi connectivity index (χ4n) is 2.08. The Kier molecular flexibility index (Phi) is 7.20. The summed E-state index contributed by atoms with van der Waals surface area (Å²) in [7, 11) is 0. The first-order valence-electron chi connectivity index (χ1n) is 7.14. The van der Waals surface area contributed by atoms with Gasteiger partial charge in [0.1, 0.15) is 18.3 Å². The summed E-state index contributed by atoms with van der Waals surface area (Å²) in [5.74, 6) is -1.10. The first-order valence-corrected chi connectivity index (χ1v) is 7.14. The monoisotopic (exact) mass is 339 g/mol. The van der Waals surface area contributed by atoms with Gasteiger partial charge < -0.3 is 35.3 Å². The van der Waals surface area contributed by atoms with Crippen LogP contribution in [0.3, 0.4) is 0 Å². The van der Waals surface area contributed by atoms with Gasteiger partial charge in [-0.15, -0.1) is 0 Å². The van der Waals surface area contributed by atoms with Crippen molar-refractivity contribution >= 4 is 23.0 Å². The van der Waals surface area contributed by atoms with Crippen molar-refractivity contribution in [2.24, 2.45) is 0 Å². The Hall–Kier alpha value is -2.10. The molecular weight excluding hydrogens is 318 g/mol. The number of nitrogens with one attached hydrogen (secondary N) is 1. The lowest BCUT2D eigenvalue weighted by molar-refractivity contribution is -0.187. The molecule has 1 heterocycles. The summed E-state index contributed by atoms with van der Waals surface area (Å²) >= 11 is 0. The van der Waals surface area contributed by atoms with Gasteiger partial charge in [0.15, 0.2) is 17.7 Å². The molecule has 1 aromatic heterocycles. The van der Waals surface area contributed by atoms with Gasteiger partial charge in [-0.1, -0.05) is 18.2 Å². The van der Waals surface area contributed by atoms with Crippen LogP contribution in [0.25, 0.3) is 10.9 Å². The number of aromatic amines is 1. The lowest BCUT2D eigenvalue weighted by Crippen LogP contribution is -2.62. The van der Waals surface area contributed by atoms with Gasteiger partial charge in [-0.3, -0.25) is 4.79 Å². The molecule has 2 rings (SSSR count). The number of aromatic nitrogens is 1. The van der Waals surface area contributed by atoms with Crippen molar-refractivity contribution in [1.29, 1.82) is 0 Å². The van der Waals surface area contributed by atoms with Crippen molar-refractivity contribution in [2.45, 2.75) is 30.8 Å². The van der Waals surface area contributed by atoms with E-state index < -0.39 is 36.3 Å². The molecule has 0 saturated heterocycles. The Bertz CT molecular complexity index is 641. The Morgan fingerprint density at radius 2 is 1.88 bits per heavy atom. The van der Waals surface area contributed by atoms with E-state index >= 15 is 0 Å². The Morgan fingerprint density at radius 3 is 2.38 bits per heavy atom. The number of aliphatic hydroxyl groups is 5. The average Bonchev–Trinajstić information content (AvgIpc) is 3.07. The van der Waals surface area contributed by atoms with E-state index in [0.29, 0.717) is 0 Å². The molecule has 4 atom stereocenters. The van der Waals surface area contributed by atoms with Gasteiger partial charge in [0, 0.05) is 11.7 Å². The minimum Gasteiger partial charge on any atom is -0.394 e. The highest BCUT2D eigenvalue weighted by atomic mass is 16.4. The summed E-state index contributed by atoms with van der Waals surface area (Å²) in [6.07, 6.45) is -4.36. The molecule has 1 aromatic carbocycles. The second-order valence-corrected chi connectivity index (χ2v) is 5.22. The van der Waals surface area contributed by atoms with E-state index in [1.165, 1.54) is 10.9 Å². The summed E-state index contributed by atoms with van der Waals surface area (Å²) in [5.41, 5.74) is -1.61. The number of H-pyrrole nitrogens is 1. The fourth-order valence-corrected chi connectivity index (χ4v) is 2.08. The van der Waals surface area contributed by atoms with Crippen LogP contribution < -0.4 is 0 Å². The quantitative estimate of drug-likeness (QED) is 0.360. The molecule has 0 aliphatic rings. The van der Waals surface area contributed by atoms with Crippen molar-refractivity contribution in [3.05, 3.63) is 36.5 Å². The topological polar surface area (TPSA) is 151 Å². The summed E-state index contributed by atoms with van der Waals surface area (Å²) in [5, 5.41) is 46.7.